The monoisotopic (exact) mass is 261 g/mol. The maximum Gasteiger partial charge on any atom is 0.346 e. The standard InChI is InChI=1S/C11H7N3O5/c15-11(16)10-7(14(17)18)2-1-3-8(10)19-9-4-5-12-6-13-9/h1-6H,(H,15,16). The van der Waals surface area contributed by atoms with Gasteiger partial charge in [-0.3, -0.25) is 10.1 Å². The van der Waals surface area contributed by atoms with Crippen molar-refractivity contribution in [3.63, 3.8) is 0 Å². The van der Waals surface area contributed by atoms with Gasteiger partial charge in [0, 0.05) is 18.3 Å². The van der Waals surface area contributed by atoms with Gasteiger partial charge >= 0.3 is 5.97 Å². The van der Waals surface area contributed by atoms with Crippen LogP contribution in [0.25, 0.3) is 0 Å². The first-order chi connectivity index (χ1) is 9.09. The van der Waals surface area contributed by atoms with Gasteiger partial charge in [-0.2, -0.15) is 0 Å². The van der Waals surface area contributed by atoms with Crippen molar-refractivity contribution >= 4 is 11.7 Å². The van der Waals surface area contributed by atoms with Crippen molar-refractivity contribution in [3.8, 4) is 11.6 Å². The highest BCUT2D eigenvalue weighted by molar-refractivity contribution is 5.95. The number of benzene rings is 1. The molecule has 0 aliphatic carbocycles. The third-order valence-electron chi connectivity index (χ3n) is 2.18. The quantitative estimate of drug-likeness (QED) is 0.659. The molecule has 1 heterocycles. The molecule has 2 rings (SSSR count). The third-order valence-corrected chi connectivity index (χ3v) is 2.18. The lowest BCUT2D eigenvalue weighted by Gasteiger charge is -2.07. The van der Waals surface area contributed by atoms with E-state index < -0.39 is 22.1 Å². The molecule has 0 fully saturated rings. The van der Waals surface area contributed by atoms with Gasteiger partial charge in [0.1, 0.15) is 6.33 Å². The summed E-state index contributed by atoms with van der Waals surface area (Å²) in [5.74, 6) is -1.50. The normalized spacial score (nSPS) is 9.89. The van der Waals surface area contributed by atoms with Crippen molar-refractivity contribution in [3.05, 3.63) is 52.5 Å². The fourth-order valence-corrected chi connectivity index (χ4v) is 1.42. The van der Waals surface area contributed by atoms with E-state index in [-0.39, 0.29) is 11.6 Å². The van der Waals surface area contributed by atoms with Crippen LogP contribution in [0.3, 0.4) is 0 Å². The van der Waals surface area contributed by atoms with Crippen molar-refractivity contribution in [2.24, 2.45) is 0 Å². The number of nitrogens with zero attached hydrogens (tertiary/aromatic N) is 3. The van der Waals surface area contributed by atoms with E-state index in [0.29, 0.717) is 0 Å². The molecule has 0 saturated carbocycles. The molecule has 0 aliphatic heterocycles. The number of carboxylic acid groups (broad SMARTS) is 1. The van der Waals surface area contributed by atoms with Crippen LogP contribution in [0.5, 0.6) is 11.6 Å². The summed E-state index contributed by atoms with van der Waals surface area (Å²) >= 11 is 0. The van der Waals surface area contributed by atoms with Crippen LogP contribution >= 0.6 is 0 Å². The number of hydrogen-bond donors (Lipinski definition) is 1. The third kappa shape index (κ3) is 2.63. The number of nitro groups is 1. The number of aromatic nitrogens is 2. The summed E-state index contributed by atoms with van der Waals surface area (Å²) in [6, 6.07) is 5.15. The Kier molecular flexibility index (Phi) is 3.33. The van der Waals surface area contributed by atoms with Gasteiger partial charge < -0.3 is 9.84 Å². The first kappa shape index (κ1) is 12.4. The summed E-state index contributed by atoms with van der Waals surface area (Å²) in [4.78, 5) is 28.6. The van der Waals surface area contributed by atoms with E-state index in [0.717, 1.165) is 6.07 Å². The maximum atomic E-state index is 11.1. The van der Waals surface area contributed by atoms with Crippen molar-refractivity contribution in [1.29, 1.82) is 0 Å². The van der Waals surface area contributed by atoms with Crippen molar-refractivity contribution < 1.29 is 19.6 Å². The Hall–Kier alpha value is -3.03. The highest BCUT2D eigenvalue weighted by Gasteiger charge is 2.25. The summed E-state index contributed by atoms with van der Waals surface area (Å²) < 4.78 is 5.23. The van der Waals surface area contributed by atoms with Gasteiger partial charge in [0.2, 0.25) is 5.88 Å². The predicted molar refractivity (Wildman–Crippen MR) is 62.2 cm³/mol. The minimum Gasteiger partial charge on any atom is -0.477 e. The van der Waals surface area contributed by atoms with Gasteiger partial charge in [0.05, 0.1) is 4.92 Å². The minimum absolute atomic E-state index is 0.0954. The molecular weight excluding hydrogens is 254 g/mol. The number of carbonyl (C=O) groups is 1. The molecule has 96 valence electrons. The molecule has 19 heavy (non-hydrogen) atoms. The Labute approximate surface area is 106 Å². The van der Waals surface area contributed by atoms with Crippen molar-refractivity contribution in [1.82, 2.24) is 9.97 Å². The molecule has 8 heteroatoms. The van der Waals surface area contributed by atoms with Gasteiger partial charge in [-0.15, -0.1) is 0 Å². The molecule has 0 unspecified atom stereocenters. The Morgan fingerprint density at radius 3 is 2.74 bits per heavy atom. The van der Waals surface area contributed by atoms with E-state index in [1.54, 1.807) is 0 Å². The first-order valence-electron chi connectivity index (χ1n) is 5.04. The number of aromatic carboxylic acids is 1. The number of hydrogen-bond acceptors (Lipinski definition) is 6. The Morgan fingerprint density at radius 1 is 1.37 bits per heavy atom. The second kappa shape index (κ2) is 5.08. The van der Waals surface area contributed by atoms with E-state index in [4.69, 9.17) is 9.84 Å². The zero-order valence-corrected chi connectivity index (χ0v) is 9.39. The predicted octanol–water partition coefficient (Wildman–Crippen LogP) is 1.88. The second-order valence-corrected chi connectivity index (χ2v) is 3.36. The molecule has 0 spiro atoms. The number of carboxylic acids is 1. The van der Waals surface area contributed by atoms with E-state index in [9.17, 15) is 14.9 Å². The topological polar surface area (TPSA) is 115 Å². The van der Waals surface area contributed by atoms with Crippen LogP contribution in [0.1, 0.15) is 10.4 Å². The molecule has 0 bridgehead atoms. The van der Waals surface area contributed by atoms with Crippen molar-refractivity contribution in [2.75, 3.05) is 0 Å². The highest BCUT2D eigenvalue weighted by Crippen LogP contribution is 2.30. The number of ether oxygens (including phenoxy) is 1. The Morgan fingerprint density at radius 2 is 2.16 bits per heavy atom. The average Bonchev–Trinajstić information content (AvgIpc) is 2.39. The lowest BCUT2D eigenvalue weighted by Crippen LogP contribution is -2.05. The molecule has 0 saturated heterocycles. The molecule has 1 aromatic carbocycles. The van der Waals surface area contributed by atoms with E-state index >= 15 is 0 Å². The van der Waals surface area contributed by atoms with Gasteiger partial charge in [0.25, 0.3) is 5.69 Å². The summed E-state index contributed by atoms with van der Waals surface area (Å²) in [5, 5.41) is 19.8. The Balaban J connectivity index is 2.48. The van der Waals surface area contributed by atoms with Crippen molar-refractivity contribution in [2.45, 2.75) is 0 Å². The fraction of sp³-hybridized carbons (Fsp3) is 0. The summed E-state index contributed by atoms with van der Waals surface area (Å²) in [6.07, 6.45) is 2.62. The molecule has 0 atom stereocenters. The largest absolute Gasteiger partial charge is 0.477 e. The van der Waals surface area contributed by atoms with Crippen LogP contribution in [0.15, 0.2) is 36.8 Å². The zero-order chi connectivity index (χ0) is 13.8. The molecule has 1 N–H and O–H groups in total. The number of nitro benzene ring substituents is 1. The molecule has 0 aliphatic rings. The summed E-state index contributed by atoms with van der Waals surface area (Å²) in [5.41, 5.74) is -1.06. The lowest BCUT2D eigenvalue weighted by atomic mass is 10.1. The van der Waals surface area contributed by atoms with Gasteiger partial charge in [0.15, 0.2) is 11.3 Å². The Bertz CT molecular complexity index is 629. The highest BCUT2D eigenvalue weighted by atomic mass is 16.6. The van der Waals surface area contributed by atoms with Gasteiger partial charge in [-0.1, -0.05) is 6.07 Å². The molecule has 8 nitrogen and oxygen atoms in total. The van der Waals surface area contributed by atoms with Crippen LogP contribution < -0.4 is 4.74 Å². The zero-order valence-electron chi connectivity index (χ0n) is 9.39. The van der Waals surface area contributed by atoms with Crippen LogP contribution in [0.2, 0.25) is 0 Å². The molecular formula is C11H7N3O5. The average molecular weight is 261 g/mol. The van der Waals surface area contributed by atoms with E-state index in [1.807, 2.05) is 0 Å². The SMILES string of the molecule is O=C(O)c1c(Oc2ccncn2)cccc1[N+](=O)[O-]. The lowest BCUT2D eigenvalue weighted by molar-refractivity contribution is -0.385. The van der Waals surface area contributed by atoms with E-state index in [1.165, 1.54) is 30.7 Å². The molecule has 0 radical (unpaired) electrons. The smallest absolute Gasteiger partial charge is 0.346 e. The summed E-state index contributed by atoms with van der Waals surface area (Å²) in [6.45, 7) is 0. The minimum atomic E-state index is -1.45. The fourth-order valence-electron chi connectivity index (χ4n) is 1.42. The number of rotatable bonds is 4. The molecule has 0 amide bonds. The molecule has 1 aromatic heterocycles. The van der Waals surface area contributed by atoms with Gasteiger partial charge in [-0.05, 0) is 6.07 Å². The van der Waals surface area contributed by atoms with Crippen LogP contribution in [0, 0.1) is 10.1 Å². The maximum absolute atomic E-state index is 11.1. The molecule has 2 aromatic rings. The van der Waals surface area contributed by atoms with E-state index in [2.05, 4.69) is 9.97 Å². The van der Waals surface area contributed by atoms with Crippen LogP contribution in [0.4, 0.5) is 5.69 Å². The first-order valence-corrected chi connectivity index (χ1v) is 5.04. The van der Waals surface area contributed by atoms with Crippen LogP contribution in [-0.4, -0.2) is 26.0 Å². The van der Waals surface area contributed by atoms with Crippen LogP contribution in [-0.2, 0) is 0 Å². The summed E-state index contributed by atoms with van der Waals surface area (Å²) in [7, 11) is 0. The van der Waals surface area contributed by atoms with Gasteiger partial charge in [-0.25, -0.2) is 14.8 Å². The second-order valence-electron chi connectivity index (χ2n) is 3.36.